The number of carbonyl (C=O) groups is 2. The number of alkyl halides is 1. The highest BCUT2D eigenvalue weighted by atomic mass is 35.5. The molecule has 1 aliphatic rings. The van der Waals surface area contributed by atoms with Crippen molar-refractivity contribution in [3.63, 3.8) is 0 Å². The van der Waals surface area contributed by atoms with Crippen molar-refractivity contribution in [2.45, 2.75) is 45.8 Å². The van der Waals surface area contributed by atoms with Gasteiger partial charge in [-0.3, -0.25) is 9.59 Å². The number of amides is 2. The Labute approximate surface area is 160 Å². The lowest BCUT2D eigenvalue weighted by Crippen LogP contribution is -2.46. The summed E-state index contributed by atoms with van der Waals surface area (Å²) in [5, 5.41) is 0. The third-order valence-corrected chi connectivity index (χ3v) is 4.49. The first-order valence-corrected chi connectivity index (χ1v) is 9.78. The van der Waals surface area contributed by atoms with Crippen molar-refractivity contribution in [2.75, 3.05) is 32.1 Å². The van der Waals surface area contributed by atoms with Crippen LogP contribution < -0.4 is 0 Å². The summed E-state index contributed by atoms with van der Waals surface area (Å²) in [4.78, 5) is 28.6. The fourth-order valence-corrected chi connectivity index (χ4v) is 3.24. The maximum absolute atomic E-state index is 13.0. The van der Waals surface area contributed by atoms with Crippen LogP contribution in [0.3, 0.4) is 0 Å². The Bertz CT molecular complexity index is 556. The summed E-state index contributed by atoms with van der Waals surface area (Å²) in [5.41, 5.74) is 0. The lowest BCUT2D eigenvalue weighted by Gasteiger charge is -2.29. The Hall–Kier alpha value is -1.53. The molecule has 1 aromatic heterocycles. The molecule has 0 spiro atoms. The Morgan fingerprint density at radius 2 is 2.12 bits per heavy atom. The van der Waals surface area contributed by atoms with Gasteiger partial charge in [0.15, 0.2) is 0 Å². The second-order valence-corrected chi connectivity index (χ2v) is 7.47. The summed E-state index contributed by atoms with van der Waals surface area (Å²) < 4.78 is 11.1. The van der Waals surface area contributed by atoms with E-state index in [1.807, 2.05) is 19.9 Å². The van der Waals surface area contributed by atoms with Gasteiger partial charge in [0.05, 0.1) is 25.5 Å². The van der Waals surface area contributed by atoms with E-state index in [0.29, 0.717) is 19.6 Å². The molecule has 0 radical (unpaired) electrons. The standard InChI is InChI=1S/C19H29ClN2O4/c1-15(2)11-21(18(23)7-8-20)14-19(24)22(12-16-5-3-9-25-16)13-17-6-4-10-26-17/h3,5,9,15,17H,4,6-8,10-14H2,1-2H3. The average Bonchev–Trinajstić information content (AvgIpc) is 3.27. The van der Waals surface area contributed by atoms with E-state index in [2.05, 4.69) is 0 Å². The van der Waals surface area contributed by atoms with Crippen molar-refractivity contribution in [2.24, 2.45) is 5.92 Å². The minimum atomic E-state index is -0.0968. The van der Waals surface area contributed by atoms with Gasteiger partial charge in [-0.25, -0.2) is 0 Å². The molecule has 7 heteroatoms. The number of carbonyl (C=O) groups excluding carboxylic acids is 2. The zero-order chi connectivity index (χ0) is 18.9. The largest absolute Gasteiger partial charge is 0.467 e. The molecule has 26 heavy (non-hydrogen) atoms. The third kappa shape index (κ3) is 6.65. The molecule has 2 heterocycles. The predicted octanol–water partition coefficient (Wildman–Crippen LogP) is 2.90. The second-order valence-electron chi connectivity index (χ2n) is 7.10. The molecular weight excluding hydrogens is 356 g/mol. The van der Waals surface area contributed by atoms with Crippen LogP contribution in [0.4, 0.5) is 0 Å². The minimum absolute atomic E-state index is 0.0472. The quantitative estimate of drug-likeness (QED) is 0.582. The van der Waals surface area contributed by atoms with Crippen molar-refractivity contribution < 1.29 is 18.7 Å². The molecule has 1 aromatic rings. The van der Waals surface area contributed by atoms with Crippen molar-refractivity contribution in [3.05, 3.63) is 24.2 Å². The molecule has 1 unspecified atom stereocenters. The van der Waals surface area contributed by atoms with Gasteiger partial charge >= 0.3 is 0 Å². The second kappa shape index (κ2) is 10.6. The molecule has 0 bridgehead atoms. The number of ether oxygens (including phenoxy) is 1. The van der Waals surface area contributed by atoms with Gasteiger partial charge in [-0.2, -0.15) is 0 Å². The maximum atomic E-state index is 13.0. The van der Waals surface area contributed by atoms with Gasteiger partial charge in [0.25, 0.3) is 0 Å². The molecule has 2 amide bonds. The number of nitrogens with zero attached hydrogens (tertiary/aromatic N) is 2. The maximum Gasteiger partial charge on any atom is 0.242 e. The van der Waals surface area contributed by atoms with Crippen molar-refractivity contribution in [1.29, 1.82) is 0 Å². The van der Waals surface area contributed by atoms with E-state index in [4.69, 9.17) is 20.8 Å². The summed E-state index contributed by atoms with van der Waals surface area (Å²) in [7, 11) is 0. The molecule has 0 aliphatic carbocycles. The molecule has 0 aromatic carbocycles. The summed E-state index contributed by atoms with van der Waals surface area (Å²) in [5.74, 6) is 1.07. The van der Waals surface area contributed by atoms with Crippen LogP contribution in [0.15, 0.2) is 22.8 Å². The summed E-state index contributed by atoms with van der Waals surface area (Å²) in [6.07, 6.45) is 3.85. The van der Waals surface area contributed by atoms with Crippen molar-refractivity contribution in [3.8, 4) is 0 Å². The van der Waals surface area contributed by atoms with E-state index in [-0.39, 0.29) is 42.7 Å². The topological polar surface area (TPSA) is 63.0 Å². The SMILES string of the molecule is CC(C)CN(CC(=O)N(Cc1ccco1)CC1CCCO1)C(=O)CCCl. The van der Waals surface area contributed by atoms with E-state index in [9.17, 15) is 9.59 Å². The van der Waals surface area contributed by atoms with Gasteiger partial charge in [-0.1, -0.05) is 13.8 Å². The van der Waals surface area contributed by atoms with Crippen LogP contribution in [0.2, 0.25) is 0 Å². The zero-order valence-electron chi connectivity index (χ0n) is 15.7. The van der Waals surface area contributed by atoms with Gasteiger partial charge in [0, 0.05) is 32.0 Å². The molecule has 146 valence electrons. The number of hydrogen-bond acceptors (Lipinski definition) is 4. The zero-order valence-corrected chi connectivity index (χ0v) is 16.4. The third-order valence-electron chi connectivity index (χ3n) is 4.30. The predicted molar refractivity (Wildman–Crippen MR) is 99.9 cm³/mol. The Morgan fingerprint density at radius 1 is 1.31 bits per heavy atom. The molecule has 1 saturated heterocycles. The van der Waals surface area contributed by atoms with E-state index in [0.717, 1.165) is 25.2 Å². The first-order chi connectivity index (χ1) is 12.5. The molecular formula is C19H29ClN2O4. The van der Waals surface area contributed by atoms with Gasteiger partial charge in [0.2, 0.25) is 11.8 Å². The number of halogens is 1. The van der Waals surface area contributed by atoms with Gasteiger partial charge in [-0.05, 0) is 30.9 Å². The van der Waals surface area contributed by atoms with Gasteiger partial charge in [0.1, 0.15) is 5.76 Å². The number of furan rings is 1. The monoisotopic (exact) mass is 384 g/mol. The van der Waals surface area contributed by atoms with E-state index >= 15 is 0 Å². The van der Waals surface area contributed by atoms with Crippen LogP contribution in [0.25, 0.3) is 0 Å². The highest BCUT2D eigenvalue weighted by molar-refractivity contribution is 6.18. The molecule has 6 nitrogen and oxygen atoms in total. The first-order valence-electron chi connectivity index (χ1n) is 9.25. The van der Waals surface area contributed by atoms with Crippen LogP contribution in [0.1, 0.15) is 38.9 Å². The van der Waals surface area contributed by atoms with Crippen LogP contribution in [-0.4, -0.2) is 59.8 Å². The summed E-state index contributed by atoms with van der Waals surface area (Å²) in [6, 6.07) is 3.65. The van der Waals surface area contributed by atoms with Crippen LogP contribution in [0.5, 0.6) is 0 Å². The lowest BCUT2D eigenvalue weighted by molar-refractivity contribution is -0.142. The highest BCUT2D eigenvalue weighted by Gasteiger charge is 2.26. The molecule has 2 rings (SSSR count). The molecule has 1 fully saturated rings. The number of hydrogen-bond donors (Lipinski definition) is 0. The van der Waals surface area contributed by atoms with E-state index in [1.54, 1.807) is 22.1 Å². The minimum Gasteiger partial charge on any atom is -0.467 e. The van der Waals surface area contributed by atoms with Crippen LogP contribution >= 0.6 is 11.6 Å². The van der Waals surface area contributed by atoms with Crippen molar-refractivity contribution >= 4 is 23.4 Å². The summed E-state index contributed by atoms with van der Waals surface area (Å²) >= 11 is 5.71. The average molecular weight is 385 g/mol. The fourth-order valence-electron chi connectivity index (χ4n) is 3.08. The summed E-state index contributed by atoms with van der Waals surface area (Å²) in [6.45, 7) is 6.28. The Balaban J connectivity index is 2.04. The molecule has 0 saturated carbocycles. The Morgan fingerprint density at radius 3 is 2.69 bits per heavy atom. The van der Waals surface area contributed by atoms with Crippen LogP contribution in [-0.2, 0) is 20.9 Å². The fraction of sp³-hybridized carbons (Fsp3) is 0.684. The lowest BCUT2D eigenvalue weighted by atomic mass is 10.2. The Kier molecular flexibility index (Phi) is 8.45. The molecule has 0 N–H and O–H groups in total. The smallest absolute Gasteiger partial charge is 0.242 e. The molecule has 1 atom stereocenters. The first kappa shape index (κ1) is 20.8. The number of rotatable bonds is 10. The van der Waals surface area contributed by atoms with Gasteiger partial charge < -0.3 is 19.0 Å². The van der Waals surface area contributed by atoms with Crippen LogP contribution in [0, 0.1) is 5.92 Å². The highest BCUT2D eigenvalue weighted by Crippen LogP contribution is 2.16. The van der Waals surface area contributed by atoms with E-state index in [1.165, 1.54) is 0 Å². The van der Waals surface area contributed by atoms with Gasteiger partial charge in [-0.15, -0.1) is 11.6 Å². The van der Waals surface area contributed by atoms with E-state index < -0.39 is 0 Å². The van der Waals surface area contributed by atoms with Crippen molar-refractivity contribution in [1.82, 2.24) is 9.80 Å². The normalized spacial score (nSPS) is 16.8. The molecule has 1 aliphatic heterocycles.